The van der Waals surface area contributed by atoms with Crippen LogP contribution in [0.1, 0.15) is 25.6 Å². The molecule has 2 aromatic heterocycles. The largest absolute Gasteiger partial charge is 0.489 e. The lowest BCUT2D eigenvalue weighted by Crippen LogP contribution is -2.46. The standard InChI is InChI=1S/C21H25N5O2/c1-2-26-19-8-4-3-7-18(19)24-20(26)15-23-21(27)25-12-9-16(10-13-25)28-17-6-5-11-22-14-17/h3-8,11,14,16H,2,9-10,12-13,15H2,1H3,(H,23,27). The van der Waals surface area contributed by atoms with Crippen LogP contribution in [0.25, 0.3) is 11.0 Å². The molecule has 4 rings (SSSR count). The number of ether oxygens (including phenoxy) is 1. The predicted octanol–water partition coefficient (Wildman–Crippen LogP) is 3.20. The van der Waals surface area contributed by atoms with Gasteiger partial charge in [-0.3, -0.25) is 4.98 Å². The molecule has 0 atom stereocenters. The van der Waals surface area contributed by atoms with Crippen LogP contribution >= 0.6 is 0 Å². The molecule has 1 aliphatic heterocycles. The van der Waals surface area contributed by atoms with Gasteiger partial charge in [-0.25, -0.2) is 9.78 Å². The monoisotopic (exact) mass is 379 g/mol. The highest BCUT2D eigenvalue weighted by atomic mass is 16.5. The van der Waals surface area contributed by atoms with Crippen LogP contribution in [-0.4, -0.2) is 44.7 Å². The van der Waals surface area contributed by atoms with E-state index < -0.39 is 0 Å². The summed E-state index contributed by atoms with van der Waals surface area (Å²) in [6.45, 7) is 4.70. The van der Waals surface area contributed by atoms with Crippen LogP contribution in [-0.2, 0) is 13.1 Å². The van der Waals surface area contributed by atoms with Crippen LogP contribution in [0.4, 0.5) is 4.79 Å². The van der Waals surface area contributed by atoms with Crippen LogP contribution in [0.15, 0.2) is 48.8 Å². The predicted molar refractivity (Wildman–Crippen MR) is 107 cm³/mol. The number of para-hydroxylation sites is 2. The molecule has 0 unspecified atom stereocenters. The van der Waals surface area contributed by atoms with E-state index in [0.717, 1.165) is 42.0 Å². The van der Waals surface area contributed by atoms with Crippen LogP contribution < -0.4 is 10.1 Å². The van der Waals surface area contributed by atoms with Crippen molar-refractivity contribution in [3.8, 4) is 5.75 Å². The molecule has 0 radical (unpaired) electrons. The van der Waals surface area contributed by atoms with Crippen molar-refractivity contribution in [1.82, 2.24) is 24.8 Å². The van der Waals surface area contributed by atoms with E-state index in [4.69, 9.17) is 4.74 Å². The first-order valence-corrected chi connectivity index (χ1v) is 9.78. The summed E-state index contributed by atoms with van der Waals surface area (Å²) < 4.78 is 8.08. The summed E-state index contributed by atoms with van der Waals surface area (Å²) in [6.07, 6.45) is 5.20. The van der Waals surface area contributed by atoms with Gasteiger partial charge in [-0.2, -0.15) is 0 Å². The summed E-state index contributed by atoms with van der Waals surface area (Å²) in [5.41, 5.74) is 2.06. The topological polar surface area (TPSA) is 72.3 Å². The average molecular weight is 379 g/mol. The molecule has 0 aliphatic carbocycles. The van der Waals surface area contributed by atoms with Crippen molar-refractivity contribution in [1.29, 1.82) is 0 Å². The Kier molecular flexibility index (Phi) is 5.41. The molecular formula is C21H25N5O2. The van der Waals surface area contributed by atoms with E-state index in [2.05, 4.69) is 32.8 Å². The van der Waals surface area contributed by atoms with Gasteiger partial charge in [0.25, 0.3) is 0 Å². The van der Waals surface area contributed by atoms with Gasteiger partial charge in [0.2, 0.25) is 0 Å². The number of rotatable bonds is 5. The molecule has 3 heterocycles. The van der Waals surface area contributed by atoms with Crippen molar-refractivity contribution in [2.45, 2.75) is 39.0 Å². The van der Waals surface area contributed by atoms with Gasteiger partial charge in [-0.05, 0) is 31.2 Å². The third-order valence-electron chi connectivity index (χ3n) is 5.11. The molecule has 1 aliphatic rings. The summed E-state index contributed by atoms with van der Waals surface area (Å²) in [5.74, 6) is 1.66. The first-order chi connectivity index (χ1) is 13.7. The fraction of sp³-hybridized carbons (Fsp3) is 0.381. The second-order valence-corrected chi connectivity index (χ2v) is 6.91. The zero-order chi connectivity index (χ0) is 19.3. The Labute approximate surface area is 164 Å². The van der Waals surface area contributed by atoms with Gasteiger partial charge in [0.05, 0.1) is 23.8 Å². The maximum absolute atomic E-state index is 12.6. The molecule has 1 saturated heterocycles. The van der Waals surface area contributed by atoms with Crippen molar-refractivity contribution in [2.75, 3.05) is 13.1 Å². The van der Waals surface area contributed by atoms with E-state index >= 15 is 0 Å². The van der Waals surface area contributed by atoms with E-state index in [-0.39, 0.29) is 12.1 Å². The average Bonchev–Trinajstić information content (AvgIpc) is 3.11. The zero-order valence-electron chi connectivity index (χ0n) is 16.0. The molecule has 1 aromatic carbocycles. The van der Waals surface area contributed by atoms with Crippen molar-refractivity contribution < 1.29 is 9.53 Å². The van der Waals surface area contributed by atoms with Crippen molar-refractivity contribution in [3.05, 3.63) is 54.6 Å². The zero-order valence-corrected chi connectivity index (χ0v) is 16.0. The first-order valence-electron chi connectivity index (χ1n) is 9.78. The first kappa shape index (κ1) is 18.3. The normalized spacial score (nSPS) is 15.0. The second-order valence-electron chi connectivity index (χ2n) is 6.91. The van der Waals surface area contributed by atoms with Crippen LogP contribution in [0.5, 0.6) is 5.75 Å². The number of hydrogen-bond donors (Lipinski definition) is 1. The Morgan fingerprint density at radius 3 is 2.79 bits per heavy atom. The molecule has 7 heteroatoms. The molecule has 2 amide bonds. The van der Waals surface area contributed by atoms with Gasteiger partial charge in [0, 0.05) is 38.7 Å². The Balaban J connectivity index is 1.30. The lowest BCUT2D eigenvalue weighted by atomic mass is 10.1. The quantitative estimate of drug-likeness (QED) is 0.739. The Bertz CT molecular complexity index is 932. The lowest BCUT2D eigenvalue weighted by Gasteiger charge is -2.32. The number of aryl methyl sites for hydroxylation is 1. The van der Waals surface area contributed by atoms with E-state index in [0.29, 0.717) is 19.6 Å². The highest BCUT2D eigenvalue weighted by Gasteiger charge is 2.24. The number of nitrogens with one attached hydrogen (secondary N) is 1. The SMILES string of the molecule is CCn1c(CNC(=O)N2CCC(Oc3cccnc3)CC2)nc2ccccc21. The number of aromatic nitrogens is 3. The fourth-order valence-corrected chi connectivity index (χ4v) is 3.67. The number of amides is 2. The minimum atomic E-state index is -0.0467. The van der Waals surface area contributed by atoms with Crippen molar-refractivity contribution in [3.63, 3.8) is 0 Å². The number of fused-ring (bicyclic) bond motifs is 1. The summed E-state index contributed by atoms with van der Waals surface area (Å²) in [4.78, 5) is 23.2. The number of benzene rings is 1. The van der Waals surface area contributed by atoms with Gasteiger partial charge in [-0.1, -0.05) is 12.1 Å². The molecule has 3 aromatic rings. The van der Waals surface area contributed by atoms with Crippen LogP contribution in [0.3, 0.4) is 0 Å². The number of pyridine rings is 1. The third kappa shape index (κ3) is 3.93. The summed E-state index contributed by atoms with van der Waals surface area (Å²) in [7, 11) is 0. The molecule has 28 heavy (non-hydrogen) atoms. The van der Waals surface area contributed by atoms with Gasteiger partial charge in [0.1, 0.15) is 17.7 Å². The fourth-order valence-electron chi connectivity index (χ4n) is 3.67. The summed E-state index contributed by atoms with van der Waals surface area (Å²) >= 11 is 0. The van der Waals surface area contributed by atoms with Gasteiger partial charge in [0.15, 0.2) is 0 Å². The number of hydrogen-bond acceptors (Lipinski definition) is 4. The highest BCUT2D eigenvalue weighted by molar-refractivity contribution is 5.77. The number of nitrogens with zero attached hydrogens (tertiary/aromatic N) is 4. The van der Waals surface area contributed by atoms with E-state index in [1.165, 1.54) is 0 Å². The van der Waals surface area contributed by atoms with E-state index in [1.807, 2.05) is 35.2 Å². The molecule has 1 N–H and O–H groups in total. The second kappa shape index (κ2) is 8.29. The number of urea groups is 1. The lowest BCUT2D eigenvalue weighted by molar-refractivity contribution is 0.110. The number of carbonyl (C=O) groups is 1. The smallest absolute Gasteiger partial charge is 0.317 e. The Morgan fingerprint density at radius 2 is 2.04 bits per heavy atom. The molecule has 0 saturated carbocycles. The molecule has 146 valence electrons. The molecule has 7 nitrogen and oxygen atoms in total. The van der Waals surface area contributed by atoms with Crippen LogP contribution in [0.2, 0.25) is 0 Å². The minimum Gasteiger partial charge on any atom is -0.489 e. The van der Waals surface area contributed by atoms with Crippen molar-refractivity contribution in [2.24, 2.45) is 0 Å². The maximum atomic E-state index is 12.6. The number of piperidine rings is 1. The molecular weight excluding hydrogens is 354 g/mol. The maximum Gasteiger partial charge on any atom is 0.317 e. The van der Waals surface area contributed by atoms with Gasteiger partial charge >= 0.3 is 6.03 Å². The number of imidazole rings is 1. The Morgan fingerprint density at radius 1 is 1.21 bits per heavy atom. The van der Waals surface area contributed by atoms with Gasteiger partial charge < -0.3 is 19.5 Å². The van der Waals surface area contributed by atoms with E-state index in [9.17, 15) is 4.79 Å². The minimum absolute atomic E-state index is 0.0467. The molecule has 0 spiro atoms. The van der Waals surface area contributed by atoms with Crippen LogP contribution in [0, 0.1) is 0 Å². The van der Waals surface area contributed by atoms with Crippen molar-refractivity contribution >= 4 is 17.1 Å². The summed E-state index contributed by atoms with van der Waals surface area (Å²) in [6, 6.07) is 11.8. The Hall–Kier alpha value is -3.09. The molecule has 1 fully saturated rings. The number of carbonyl (C=O) groups excluding carboxylic acids is 1. The number of likely N-dealkylation sites (tertiary alicyclic amines) is 1. The molecule has 0 bridgehead atoms. The highest BCUT2D eigenvalue weighted by Crippen LogP contribution is 2.19. The van der Waals surface area contributed by atoms with E-state index in [1.54, 1.807) is 12.4 Å². The third-order valence-corrected chi connectivity index (χ3v) is 5.11. The summed E-state index contributed by atoms with van der Waals surface area (Å²) in [5, 5.41) is 3.02. The van der Waals surface area contributed by atoms with Gasteiger partial charge in [-0.15, -0.1) is 0 Å².